The predicted molar refractivity (Wildman–Crippen MR) is 37.1 cm³/mol. The van der Waals surface area contributed by atoms with Gasteiger partial charge in [-0.1, -0.05) is 5.92 Å². The molecule has 0 aromatic heterocycles. The Morgan fingerprint density at radius 2 is 2.40 bits per heavy atom. The van der Waals surface area contributed by atoms with E-state index >= 15 is 0 Å². The Morgan fingerprint density at radius 1 is 1.70 bits per heavy atom. The highest BCUT2D eigenvalue weighted by Crippen LogP contribution is 2.27. The van der Waals surface area contributed by atoms with Crippen molar-refractivity contribution in [3.05, 3.63) is 0 Å². The summed E-state index contributed by atoms with van der Waals surface area (Å²) < 4.78 is 4.61. The SMILES string of the molecule is CCOC(=O)C#CC1CC1. The van der Waals surface area contributed by atoms with E-state index in [2.05, 4.69) is 16.6 Å². The van der Waals surface area contributed by atoms with Gasteiger partial charge in [0, 0.05) is 11.8 Å². The molecule has 1 saturated carbocycles. The molecule has 0 N–H and O–H groups in total. The number of hydrogen-bond acceptors (Lipinski definition) is 2. The molecule has 0 aromatic carbocycles. The number of hydrogen-bond donors (Lipinski definition) is 0. The molecule has 0 radical (unpaired) electrons. The molecule has 54 valence electrons. The van der Waals surface area contributed by atoms with Gasteiger partial charge in [0.1, 0.15) is 0 Å². The highest BCUT2D eigenvalue weighted by atomic mass is 16.5. The molecular formula is C8H10O2. The minimum Gasteiger partial charge on any atom is -0.456 e. The monoisotopic (exact) mass is 138 g/mol. The fourth-order valence-electron chi connectivity index (χ4n) is 0.556. The topological polar surface area (TPSA) is 26.3 Å². The van der Waals surface area contributed by atoms with Crippen LogP contribution in [-0.2, 0) is 9.53 Å². The summed E-state index contributed by atoms with van der Waals surface area (Å²) in [4.78, 5) is 10.6. The van der Waals surface area contributed by atoms with Gasteiger partial charge in [-0.2, -0.15) is 0 Å². The quantitative estimate of drug-likeness (QED) is 0.306. The zero-order valence-electron chi connectivity index (χ0n) is 6.02. The van der Waals surface area contributed by atoms with Gasteiger partial charge in [-0.15, -0.1) is 0 Å². The molecule has 0 bridgehead atoms. The first-order chi connectivity index (χ1) is 4.83. The van der Waals surface area contributed by atoms with Gasteiger partial charge in [-0.3, -0.25) is 0 Å². The normalized spacial score (nSPS) is 15.3. The van der Waals surface area contributed by atoms with Crippen molar-refractivity contribution in [2.75, 3.05) is 6.61 Å². The van der Waals surface area contributed by atoms with Gasteiger partial charge in [-0.05, 0) is 19.8 Å². The standard InChI is InChI=1S/C8H10O2/c1-2-10-8(9)6-5-7-3-4-7/h7H,2-4H2,1H3. The molecule has 1 aliphatic carbocycles. The largest absolute Gasteiger partial charge is 0.456 e. The van der Waals surface area contributed by atoms with Crippen molar-refractivity contribution in [2.24, 2.45) is 5.92 Å². The Labute approximate surface area is 60.6 Å². The van der Waals surface area contributed by atoms with E-state index in [0.29, 0.717) is 12.5 Å². The molecule has 2 heteroatoms. The maximum atomic E-state index is 10.6. The van der Waals surface area contributed by atoms with E-state index in [9.17, 15) is 4.79 Å². The molecule has 1 rings (SSSR count). The Morgan fingerprint density at radius 3 is 2.90 bits per heavy atom. The van der Waals surface area contributed by atoms with Crippen LogP contribution in [0.2, 0.25) is 0 Å². The maximum absolute atomic E-state index is 10.6. The lowest BCUT2D eigenvalue weighted by molar-refractivity contribution is -0.136. The minimum atomic E-state index is -0.394. The first kappa shape index (κ1) is 7.14. The fraction of sp³-hybridized carbons (Fsp3) is 0.625. The molecule has 0 aliphatic heterocycles. The number of rotatable bonds is 1. The zero-order valence-corrected chi connectivity index (χ0v) is 6.02. The number of carbonyl (C=O) groups excluding carboxylic acids is 1. The van der Waals surface area contributed by atoms with Crippen LogP contribution in [0.15, 0.2) is 0 Å². The Bertz CT molecular complexity index is 181. The summed E-state index contributed by atoms with van der Waals surface area (Å²) in [7, 11) is 0. The molecule has 2 nitrogen and oxygen atoms in total. The van der Waals surface area contributed by atoms with Crippen molar-refractivity contribution >= 4 is 5.97 Å². The van der Waals surface area contributed by atoms with E-state index in [1.165, 1.54) is 0 Å². The van der Waals surface area contributed by atoms with Crippen molar-refractivity contribution in [2.45, 2.75) is 19.8 Å². The van der Waals surface area contributed by atoms with Crippen molar-refractivity contribution in [3.8, 4) is 11.8 Å². The number of ether oxygens (including phenoxy) is 1. The summed E-state index contributed by atoms with van der Waals surface area (Å²) in [6.07, 6.45) is 2.29. The van der Waals surface area contributed by atoms with Crippen LogP contribution >= 0.6 is 0 Å². The van der Waals surface area contributed by atoms with Crippen LogP contribution in [0.4, 0.5) is 0 Å². The summed E-state index contributed by atoms with van der Waals surface area (Å²) in [6.45, 7) is 2.19. The van der Waals surface area contributed by atoms with Crippen molar-refractivity contribution in [3.63, 3.8) is 0 Å². The average Bonchev–Trinajstić information content (AvgIpc) is 2.67. The molecule has 0 unspecified atom stereocenters. The highest BCUT2D eigenvalue weighted by molar-refractivity contribution is 5.88. The van der Waals surface area contributed by atoms with Gasteiger partial charge in [0.2, 0.25) is 0 Å². The van der Waals surface area contributed by atoms with Crippen molar-refractivity contribution in [1.29, 1.82) is 0 Å². The Balaban J connectivity index is 2.23. The van der Waals surface area contributed by atoms with Gasteiger partial charge < -0.3 is 4.74 Å². The van der Waals surface area contributed by atoms with Gasteiger partial charge >= 0.3 is 5.97 Å². The third-order valence-electron chi connectivity index (χ3n) is 1.23. The third-order valence-corrected chi connectivity index (χ3v) is 1.23. The van der Waals surface area contributed by atoms with E-state index < -0.39 is 5.97 Å². The van der Waals surface area contributed by atoms with Crippen molar-refractivity contribution in [1.82, 2.24) is 0 Å². The number of carbonyl (C=O) groups is 1. The molecule has 0 spiro atoms. The summed E-state index contributed by atoms with van der Waals surface area (Å²) in [5.74, 6) is 5.33. The van der Waals surface area contributed by atoms with Gasteiger partial charge in [0.05, 0.1) is 6.61 Å². The molecule has 0 amide bonds. The van der Waals surface area contributed by atoms with Crippen LogP contribution in [0.5, 0.6) is 0 Å². The summed E-state index contributed by atoms with van der Waals surface area (Å²) in [6, 6.07) is 0. The molecule has 1 fully saturated rings. The van der Waals surface area contributed by atoms with Crippen LogP contribution < -0.4 is 0 Å². The van der Waals surface area contributed by atoms with E-state index in [1.807, 2.05) is 0 Å². The smallest absolute Gasteiger partial charge is 0.384 e. The summed E-state index contributed by atoms with van der Waals surface area (Å²) >= 11 is 0. The van der Waals surface area contributed by atoms with E-state index in [1.54, 1.807) is 6.92 Å². The van der Waals surface area contributed by atoms with E-state index in [0.717, 1.165) is 12.8 Å². The van der Waals surface area contributed by atoms with Crippen molar-refractivity contribution < 1.29 is 9.53 Å². The first-order valence-corrected chi connectivity index (χ1v) is 3.51. The maximum Gasteiger partial charge on any atom is 0.384 e. The van der Waals surface area contributed by atoms with Crippen LogP contribution in [0.1, 0.15) is 19.8 Å². The van der Waals surface area contributed by atoms with Crippen LogP contribution in [0.25, 0.3) is 0 Å². The summed E-state index contributed by atoms with van der Waals surface area (Å²) in [5.41, 5.74) is 0. The van der Waals surface area contributed by atoms with Gasteiger partial charge in [0.25, 0.3) is 0 Å². The van der Waals surface area contributed by atoms with E-state index in [4.69, 9.17) is 0 Å². The third kappa shape index (κ3) is 2.54. The second kappa shape index (κ2) is 3.26. The first-order valence-electron chi connectivity index (χ1n) is 3.51. The van der Waals surface area contributed by atoms with Crippen LogP contribution in [-0.4, -0.2) is 12.6 Å². The molecule has 0 aromatic rings. The van der Waals surface area contributed by atoms with E-state index in [-0.39, 0.29) is 0 Å². The average molecular weight is 138 g/mol. The van der Waals surface area contributed by atoms with Gasteiger partial charge in [0.15, 0.2) is 0 Å². The molecule has 10 heavy (non-hydrogen) atoms. The molecule has 0 saturated heterocycles. The second-order valence-corrected chi connectivity index (χ2v) is 2.26. The fourth-order valence-corrected chi connectivity index (χ4v) is 0.556. The predicted octanol–water partition coefficient (Wildman–Crippen LogP) is 0.963. The van der Waals surface area contributed by atoms with Crippen LogP contribution in [0, 0.1) is 17.8 Å². The lowest BCUT2D eigenvalue weighted by atomic mass is 10.4. The summed E-state index contributed by atoms with van der Waals surface area (Å²) in [5, 5.41) is 0. The Kier molecular flexibility index (Phi) is 2.33. The molecular weight excluding hydrogens is 128 g/mol. The van der Waals surface area contributed by atoms with Crippen LogP contribution in [0.3, 0.4) is 0 Å². The lowest BCUT2D eigenvalue weighted by Gasteiger charge is -1.89. The lowest BCUT2D eigenvalue weighted by Crippen LogP contribution is -1.99. The van der Waals surface area contributed by atoms with Gasteiger partial charge in [-0.25, -0.2) is 4.79 Å². The molecule has 1 aliphatic rings. The second-order valence-electron chi connectivity index (χ2n) is 2.26. The zero-order chi connectivity index (χ0) is 7.40. The Hall–Kier alpha value is -0.970. The highest BCUT2D eigenvalue weighted by Gasteiger charge is 2.18. The number of esters is 1. The minimum absolute atomic E-state index is 0.394. The molecule has 0 heterocycles. The molecule has 0 atom stereocenters.